The lowest BCUT2D eigenvalue weighted by Crippen LogP contribution is -2.28. The molecule has 9 heteroatoms. The highest BCUT2D eigenvalue weighted by Crippen LogP contribution is 2.31. The number of nitrogens with zero attached hydrogens (tertiary/aromatic N) is 4. The first-order valence-electron chi connectivity index (χ1n) is 12.3. The number of rotatable bonds is 13. The van der Waals surface area contributed by atoms with Crippen LogP contribution in [0.4, 0.5) is 17.3 Å². The number of ether oxygens (including phenoxy) is 2. The number of carbonyl (C=O) groups excluding carboxylic acids is 1. The minimum atomic E-state index is 0.136. The van der Waals surface area contributed by atoms with E-state index in [0.29, 0.717) is 24.7 Å². The minimum absolute atomic E-state index is 0.136. The van der Waals surface area contributed by atoms with Gasteiger partial charge in [-0.25, -0.2) is 0 Å². The molecular weight excluding hydrogens is 456 g/mol. The van der Waals surface area contributed by atoms with Crippen LogP contribution >= 0.6 is 0 Å². The van der Waals surface area contributed by atoms with E-state index < -0.39 is 0 Å². The molecule has 1 aliphatic rings. The number of benzene rings is 2. The summed E-state index contributed by atoms with van der Waals surface area (Å²) in [6.45, 7) is 4.45. The lowest BCUT2D eigenvalue weighted by molar-refractivity contribution is -0.106. The summed E-state index contributed by atoms with van der Waals surface area (Å²) in [7, 11) is 1.75. The van der Waals surface area contributed by atoms with E-state index in [1.54, 1.807) is 7.05 Å². The van der Waals surface area contributed by atoms with Crippen LogP contribution in [0.25, 0.3) is 0 Å². The molecule has 0 radical (unpaired) electrons. The highest BCUT2D eigenvalue weighted by atomic mass is 16.5. The molecule has 2 heterocycles. The molecule has 0 unspecified atom stereocenters. The Balaban J connectivity index is 1.47. The third-order valence-corrected chi connectivity index (χ3v) is 6.04. The van der Waals surface area contributed by atoms with Crippen molar-refractivity contribution in [1.29, 1.82) is 0 Å². The van der Waals surface area contributed by atoms with Gasteiger partial charge in [-0.15, -0.1) is 0 Å². The molecule has 0 saturated carbocycles. The van der Waals surface area contributed by atoms with Gasteiger partial charge >= 0.3 is 6.01 Å². The molecule has 190 valence electrons. The number of carbonyl (C=O) groups is 1. The number of nitrogens with one attached hydrogen (secondary N) is 1. The predicted molar refractivity (Wildman–Crippen MR) is 141 cm³/mol. The lowest BCUT2D eigenvalue weighted by Gasteiger charge is -2.25. The van der Waals surface area contributed by atoms with Gasteiger partial charge in [0.15, 0.2) is 11.6 Å². The van der Waals surface area contributed by atoms with E-state index in [0.717, 1.165) is 37.2 Å². The third kappa shape index (κ3) is 6.85. The Morgan fingerprint density at radius 2 is 1.78 bits per heavy atom. The van der Waals surface area contributed by atoms with Gasteiger partial charge in [0.05, 0.1) is 6.54 Å². The SMILES string of the molecule is CNc1c(N)nc(OCCOc2ccccc2)nc1N(CC=O)Cc1cccc(CN2CCCC2)c1. The van der Waals surface area contributed by atoms with E-state index in [-0.39, 0.29) is 25.0 Å². The molecule has 0 atom stereocenters. The van der Waals surface area contributed by atoms with Crippen LogP contribution in [0, 0.1) is 0 Å². The van der Waals surface area contributed by atoms with E-state index in [2.05, 4.69) is 44.5 Å². The number of aromatic nitrogens is 2. The Morgan fingerprint density at radius 3 is 2.53 bits per heavy atom. The molecule has 1 saturated heterocycles. The van der Waals surface area contributed by atoms with Crippen molar-refractivity contribution < 1.29 is 14.3 Å². The molecule has 4 rings (SSSR count). The van der Waals surface area contributed by atoms with Crippen LogP contribution in [-0.4, -0.2) is 61.0 Å². The standard InChI is InChI=1S/C27H34N6O3/c1-29-24-25(28)30-27(36-17-16-35-23-10-3-2-4-11-23)31-26(24)33(14-15-34)20-22-9-7-8-21(18-22)19-32-12-5-6-13-32/h2-4,7-11,15,18,29H,5-6,12-14,16-17,19-20H2,1H3,(H2,28,30,31). The van der Waals surface area contributed by atoms with Crippen molar-refractivity contribution in [1.82, 2.24) is 14.9 Å². The average Bonchev–Trinajstić information content (AvgIpc) is 3.40. The van der Waals surface area contributed by atoms with Crippen molar-refractivity contribution in [2.45, 2.75) is 25.9 Å². The zero-order chi connectivity index (χ0) is 25.2. The van der Waals surface area contributed by atoms with Gasteiger partial charge in [0.1, 0.15) is 30.9 Å². The fourth-order valence-corrected chi connectivity index (χ4v) is 4.35. The maximum Gasteiger partial charge on any atom is 0.320 e. The topological polar surface area (TPSA) is 106 Å². The van der Waals surface area contributed by atoms with Gasteiger partial charge in [0, 0.05) is 20.1 Å². The summed E-state index contributed by atoms with van der Waals surface area (Å²) in [5, 5.41) is 3.07. The summed E-state index contributed by atoms with van der Waals surface area (Å²) >= 11 is 0. The largest absolute Gasteiger partial charge is 0.490 e. The molecule has 0 aliphatic carbocycles. The Kier molecular flexibility index (Phi) is 8.93. The average molecular weight is 491 g/mol. The summed E-state index contributed by atoms with van der Waals surface area (Å²) in [4.78, 5) is 24.8. The minimum Gasteiger partial charge on any atom is -0.490 e. The Morgan fingerprint density at radius 1 is 1.03 bits per heavy atom. The van der Waals surface area contributed by atoms with E-state index in [9.17, 15) is 4.79 Å². The molecule has 0 spiro atoms. The first-order chi connectivity index (χ1) is 17.7. The Bertz CT molecular complexity index is 1120. The number of anilines is 3. The van der Waals surface area contributed by atoms with Gasteiger partial charge in [-0.3, -0.25) is 4.90 Å². The number of nitrogens with two attached hydrogens (primary N) is 1. The molecule has 2 aromatic carbocycles. The molecule has 0 amide bonds. The molecule has 0 bridgehead atoms. The summed E-state index contributed by atoms with van der Waals surface area (Å²) in [6, 6.07) is 18.1. The first-order valence-corrected chi connectivity index (χ1v) is 12.3. The second-order valence-corrected chi connectivity index (χ2v) is 8.70. The monoisotopic (exact) mass is 490 g/mol. The highest BCUT2D eigenvalue weighted by Gasteiger charge is 2.19. The molecule has 1 fully saturated rings. The smallest absolute Gasteiger partial charge is 0.320 e. The van der Waals surface area contributed by atoms with Crippen molar-refractivity contribution in [2.24, 2.45) is 0 Å². The first kappa shape index (κ1) is 25.2. The van der Waals surface area contributed by atoms with Crippen molar-refractivity contribution in [3.8, 4) is 11.8 Å². The maximum atomic E-state index is 11.6. The second kappa shape index (κ2) is 12.7. The van der Waals surface area contributed by atoms with Crippen LogP contribution in [0.2, 0.25) is 0 Å². The number of hydrogen-bond acceptors (Lipinski definition) is 9. The quantitative estimate of drug-likeness (QED) is 0.276. The molecule has 1 aromatic heterocycles. The van der Waals surface area contributed by atoms with E-state index >= 15 is 0 Å². The van der Waals surface area contributed by atoms with Gasteiger partial charge < -0.3 is 30.2 Å². The number of nitrogen functional groups attached to an aromatic ring is 1. The zero-order valence-electron chi connectivity index (χ0n) is 20.7. The number of aldehydes is 1. The fraction of sp³-hybridized carbons (Fsp3) is 0.370. The van der Waals surface area contributed by atoms with Crippen LogP contribution in [-0.2, 0) is 17.9 Å². The third-order valence-electron chi connectivity index (χ3n) is 6.04. The maximum absolute atomic E-state index is 11.6. The normalized spacial score (nSPS) is 13.4. The molecule has 1 aliphatic heterocycles. The van der Waals surface area contributed by atoms with E-state index in [4.69, 9.17) is 15.2 Å². The van der Waals surface area contributed by atoms with Crippen molar-refractivity contribution >= 4 is 23.6 Å². The van der Waals surface area contributed by atoms with Gasteiger partial charge in [-0.05, 0) is 49.2 Å². The molecule has 9 nitrogen and oxygen atoms in total. The summed E-state index contributed by atoms with van der Waals surface area (Å²) in [5.74, 6) is 1.53. The number of para-hydroxylation sites is 1. The van der Waals surface area contributed by atoms with Gasteiger partial charge in [-0.1, -0.05) is 42.5 Å². The Labute approximate surface area is 212 Å². The predicted octanol–water partition coefficient (Wildman–Crippen LogP) is 3.36. The highest BCUT2D eigenvalue weighted by molar-refractivity contribution is 5.78. The van der Waals surface area contributed by atoms with Gasteiger partial charge in [0.2, 0.25) is 0 Å². The number of likely N-dealkylation sites (tertiary alicyclic amines) is 1. The van der Waals surface area contributed by atoms with Crippen LogP contribution < -0.4 is 25.4 Å². The zero-order valence-corrected chi connectivity index (χ0v) is 20.7. The summed E-state index contributed by atoms with van der Waals surface area (Å²) in [5.41, 5.74) is 9.13. The molecular formula is C27H34N6O3. The molecule has 36 heavy (non-hydrogen) atoms. The summed E-state index contributed by atoms with van der Waals surface area (Å²) < 4.78 is 11.4. The van der Waals surface area contributed by atoms with Gasteiger partial charge in [-0.2, -0.15) is 9.97 Å². The van der Waals surface area contributed by atoms with Gasteiger partial charge in [0.25, 0.3) is 0 Å². The van der Waals surface area contributed by atoms with Crippen molar-refractivity contribution in [3.63, 3.8) is 0 Å². The van der Waals surface area contributed by atoms with E-state index in [1.165, 1.54) is 18.4 Å². The van der Waals surface area contributed by atoms with Crippen molar-refractivity contribution in [2.75, 3.05) is 55.8 Å². The van der Waals surface area contributed by atoms with Crippen LogP contribution in [0.5, 0.6) is 11.8 Å². The molecule has 3 aromatic rings. The lowest BCUT2D eigenvalue weighted by atomic mass is 10.1. The van der Waals surface area contributed by atoms with Crippen LogP contribution in [0.1, 0.15) is 24.0 Å². The molecule has 3 N–H and O–H groups in total. The summed E-state index contributed by atoms with van der Waals surface area (Å²) in [6.07, 6.45) is 3.38. The Hall–Kier alpha value is -3.85. The number of hydrogen-bond donors (Lipinski definition) is 2. The van der Waals surface area contributed by atoms with E-state index in [1.807, 2.05) is 35.2 Å². The van der Waals surface area contributed by atoms with Crippen LogP contribution in [0.3, 0.4) is 0 Å². The van der Waals surface area contributed by atoms with Crippen LogP contribution in [0.15, 0.2) is 54.6 Å². The fourth-order valence-electron chi connectivity index (χ4n) is 4.35. The van der Waals surface area contributed by atoms with Crippen molar-refractivity contribution in [3.05, 3.63) is 65.7 Å². The second-order valence-electron chi connectivity index (χ2n) is 8.70.